The summed E-state index contributed by atoms with van der Waals surface area (Å²) >= 11 is 1.71. The molecule has 9 heteroatoms. The fraction of sp³-hybridized carbons (Fsp3) is 0.417. The number of carbonyl (C=O) groups is 1. The Bertz CT molecular complexity index is 870. The monoisotopic (exact) mass is 476 g/mol. The van der Waals surface area contributed by atoms with Crippen LogP contribution in [0.5, 0.6) is 0 Å². The first-order valence-electron chi connectivity index (χ1n) is 10.5. The van der Waals surface area contributed by atoms with E-state index in [9.17, 15) is 4.79 Å². The summed E-state index contributed by atoms with van der Waals surface area (Å²) in [4.78, 5) is 17.0. The summed E-state index contributed by atoms with van der Waals surface area (Å²) in [7, 11) is 5.23. The highest BCUT2D eigenvalue weighted by Crippen LogP contribution is 2.36. The summed E-state index contributed by atoms with van der Waals surface area (Å²) in [6.45, 7) is 4.22. The number of rotatable bonds is 9. The lowest BCUT2D eigenvalue weighted by molar-refractivity contribution is -0.110. The lowest BCUT2D eigenvalue weighted by Crippen LogP contribution is -2.27. The predicted molar refractivity (Wildman–Crippen MR) is 136 cm³/mol. The van der Waals surface area contributed by atoms with Crippen LogP contribution in [-0.4, -0.2) is 68.9 Å². The van der Waals surface area contributed by atoms with E-state index >= 15 is 0 Å². The molecule has 0 aromatic rings. The van der Waals surface area contributed by atoms with Gasteiger partial charge in [0.25, 0.3) is 0 Å². The zero-order valence-corrected chi connectivity index (χ0v) is 20.9. The highest BCUT2D eigenvalue weighted by Gasteiger charge is 2.21. The molecule has 2 aliphatic rings. The Hall–Kier alpha value is -2.75. The number of aliphatic hydroxyl groups excluding tert-OH is 1. The molecule has 0 radical (unpaired) electrons. The molecule has 0 aromatic carbocycles. The molecule has 0 fully saturated rings. The van der Waals surface area contributed by atoms with E-state index < -0.39 is 0 Å². The standard InChI is InChI=1S/C22H30N4O3S.C2H6O/c1-16(14-23)26(3)22-21(25-17(2)24-8-9-27)13-19(15-30-22)18-6-4-5-7-20(12-18)29-11-10-28;1-3-2/h4-5,7,10,12-14,27H,6,8-9,11,15,23H2,1-3H3,(H,24,25);1-2H3/b16-14-;. The van der Waals surface area contributed by atoms with E-state index in [2.05, 4.69) is 27.2 Å². The summed E-state index contributed by atoms with van der Waals surface area (Å²) in [6, 6.07) is 0. The van der Waals surface area contributed by atoms with Gasteiger partial charge in [-0.1, -0.05) is 12.2 Å². The minimum Gasteiger partial charge on any atom is -0.486 e. The van der Waals surface area contributed by atoms with Gasteiger partial charge in [0.05, 0.1) is 29.7 Å². The smallest absolute Gasteiger partial charge is 0.157 e. The molecule has 1 aliphatic carbocycles. The highest BCUT2D eigenvalue weighted by molar-refractivity contribution is 8.03. The van der Waals surface area contributed by atoms with Gasteiger partial charge in [-0.15, -0.1) is 11.8 Å². The third kappa shape index (κ3) is 9.73. The Morgan fingerprint density at radius 3 is 2.70 bits per heavy atom. The number of nitrogens with two attached hydrogens (primary N) is 1. The third-order valence-corrected chi connectivity index (χ3v) is 5.76. The molecular formula is C24H36N4O4S. The molecule has 0 saturated heterocycles. The van der Waals surface area contributed by atoms with Crippen molar-refractivity contribution in [3.8, 4) is 0 Å². The van der Waals surface area contributed by atoms with E-state index in [1.165, 1.54) is 0 Å². The molecular weight excluding hydrogens is 440 g/mol. The number of methoxy groups -OCH3 is 1. The average Bonchev–Trinajstić information content (AvgIpc) is 3.06. The van der Waals surface area contributed by atoms with Crippen molar-refractivity contribution < 1.29 is 19.4 Å². The number of allylic oxidation sites excluding steroid dienone is 7. The van der Waals surface area contributed by atoms with Crippen molar-refractivity contribution in [1.29, 1.82) is 0 Å². The van der Waals surface area contributed by atoms with E-state index in [4.69, 9.17) is 15.6 Å². The minimum atomic E-state index is 0.00477. The van der Waals surface area contributed by atoms with Crippen molar-refractivity contribution in [2.45, 2.75) is 20.3 Å². The van der Waals surface area contributed by atoms with Crippen LogP contribution in [-0.2, 0) is 14.3 Å². The van der Waals surface area contributed by atoms with Crippen LogP contribution in [0.3, 0.4) is 0 Å². The van der Waals surface area contributed by atoms with Crippen LogP contribution in [0.15, 0.2) is 74.9 Å². The summed E-state index contributed by atoms with van der Waals surface area (Å²) in [6.07, 6.45) is 13.1. The van der Waals surface area contributed by atoms with Crippen molar-refractivity contribution in [3.63, 3.8) is 0 Å². The molecule has 1 aliphatic heterocycles. The van der Waals surface area contributed by atoms with Crippen LogP contribution < -0.4 is 11.1 Å². The first-order valence-corrected chi connectivity index (χ1v) is 11.5. The number of aldehydes is 1. The second-order valence-corrected chi connectivity index (χ2v) is 8.08. The van der Waals surface area contributed by atoms with Gasteiger partial charge < -0.3 is 30.5 Å². The topological polar surface area (TPSA) is 109 Å². The molecule has 0 amide bonds. The normalized spacial score (nSPS) is 16.6. The Morgan fingerprint density at radius 1 is 1.33 bits per heavy atom. The zero-order chi connectivity index (χ0) is 24.6. The first-order chi connectivity index (χ1) is 15.9. The van der Waals surface area contributed by atoms with E-state index in [1.807, 2.05) is 44.0 Å². The van der Waals surface area contributed by atoms with Crippen LogP contribution in [0.4, 0.5) is 0 Å². The lowest BCUT2D eigenvalue weighted by atomic mass is 10.0. The maximum atomic E-state index is 10.7. The number of aliphatic hydroxyl groups is 1. The zero-order valence-electron chi connectivity index (χ0n) is 20.1. The van der Waals surface area contributed by atoms with Crippen molar-refractivity contribution >= 4 is 23.9 Å². The Morgan fingerprint density at radius 2 is 2.06 bits per heavy atom. The lowest BCUT2D eigenvalue weighted by Gasteiger charge is -2.29. The molecule has 4 N–H and O–H groups in total. The predicted octanol–water partition coefficient (Wildman–Crippen LogP) is 2.83. The molecule has 182 valence electrons. The minimum absolute atomic E-state index is 0.00477. The molecule has 0 aromatic heterocycles. The summed E-state index contributed by atoms with van der Waals surface area (Å²) in [5, 5.41) is 13.5. The van der Waals surface area contributed by atoms with Crippen molar-refractivity contribution in [1.82, 2.24) is 10.2 Å². The van der Waals surface area contributed by atoms with Gasteiger partial charge in [-0.25, -0.2) is 0 Å². The maximum Gasteiger partial charge on any atom is 0.157 e. The van der Waals surface area contributed by atoms with Gasteiger partial charge >= 0.3 is 0 Å². The van der Waals surface area contributed by atoms with Crippen molar-refractivity contribution in [3.05, 3.63) is 69.9 Å². The number of thioether (sulfide) groups is 1. The number of hydrogen-bond donors (Lipinski definition) is 3. The second kappa shape index (κ2) is 16.0. The number of aliphatic imine (C=N–C) groups is 1. The van der Waals surface area contributed by atoms with Gasteiger partial charge in [0.1, 0.15) is 12.4 Å². The van der Waals surface area contributed by atoms with Crippen molar-refractivity contribution in [2.24, 2.45) is 10.7 Å². The van der Waals surface area contributed by atoms with E-state index in [-0.39, 0.29) is 13.2 Å². The Balaban J connectivity index is 0.00000172. The van der Waals surface area contributed by atoms with Gasteiger partial charge in [-0.2, -0.15) is 0 Å². The van der Waals surface area contributed by atoms with E-state index in [0.29, 0.717) is 12.3 Å². The number of amidine groups is 1. The number of hydrogen-bond acceptors (Lipinski definition) is 8. The molecule has 2 rings (SSSR count). The number of carbonyl (C=O) groups excluding carboxylic acids is 1. The van der Waals surface area contributed by atoms with Gasteiger partial charge in [0.15, 0.2) is 6.29 Å². The highest BCUT2D eigenvalue weighted by atomic mass is 32.2. The van der Waals surface area contributed by atoms with Crippen LogP contribution in [0.1, 0.15) is 20.3 Å². The first kappa shape index (κ1) is 28.3. The van der Waals surface area contributed by atoms with Gasteiger partial charge in [-0.3, -0.25) is 9.79 Å². The number of ether oxygens (including phenoxy) is 2. The molecule has 33 heavy (non-hydrogen) atoms. The molecule has 0 saturated carbocycles. The van der Waals surface area contributed by atoms with Crippen molar-refractivity contribution in [2.75, 3.05) is 46.8 Å². The fourth-order valence-corrected chi connectivity index (χ4v) is 4.02. The molecule has 8 nitrogen and oxygen atoms in total. The third-order valence-electron chi connectivity index (χ3n) is 4.53. The molecule has 0 spiro atoms. The SMILES string of the molecule is CC(=NCCO)NC1=C(N(C)/C(C)=C\N)SCC(C2=CC(OCC=O)=CC=CC2)=C1.COC. The number of nitrogens with one attached hydrogen (secondary N) is 1. The van der Waals surface area contributed by atoms with Crippen LogP contribution in [0, 0.1) is 0 Å². The average molecular weight is 477 g/mol. The van der Waals surface area contributed by atoms with Gasteiger partial charge in [0, 0.05) is 38.9 Å². The van der Waals surface area contributed by atoms with Crippen LogP contribution >= 0.6 is 11.8 Å². The van der Waals surface area contributed by atoms with Gasteiger partial charge in [-0.05, 0) is 49.6 Å². The van der Waals surface area contributed by atoms with E-state index in [1.54, 1.807) is 32.2 Å². The van der Waals surface area contributed by atoms with Crippen LogP contribution in [0.2, 0.25) is 0 Å². The number of nitrogens with zero attached hydrogens (tertiary/aromatic N) is 2. The van der Waals surface area contributed by atoms with Gasteiger partial charge in [0.2, 0.25) is 0 Å². The molecule has 1 heterocycles. The Kier molecular flexibility index (Phi) is 13.7. The largest absolute Gasteiger partial charge is 0.486 e. The molecule has 0 unspecified atom stereocenters. The fourth-order valence-electron chi connectivity index (χ4n) is 2.86. The van der Waals surface area contributed by atoms with E-state index in [0.717, 1.165) is 51.9 Å². The summed E-state index contributed by atoms with van der Waals surface area (Å²) < 4.78 is 9.76. The van der Waals surface area contributed by atoms with Crippen LogP contribution in [0.25, 0.3) is 0 Å². The molecule has 0 bridgehead atoms. The quantitative estimate of drug-likeness (QED) is 0.265. The maximum absolute atomic E-state index is 10.7. The summed E-state index contributed by atoms with van der Waals surface area (Å²) in [5.74, 6) is 2.18. The Labute approximate surface area is 201 Å². The molecule has 0 atom stereocenters. The second-order valence-electron chi connectivity index (χ2n) is 7.12. The summed E-state index contributed by atoms with van der Waals surface area (Å²) in [5.41, 5.74) is 9.86.